The van der Waals surface area contributed by atoms with Gasteiger partial charge in [-0.2, -0.15) is 0 Å². The molecule has 49 heavy (non-hydrogen) atoms. The Kier molecular flexibility index (Phi) is 6.05. The number of carbonyl (C=O) groups is 1. The van der Waals surface area contributed by atoms with E-state index in [2.05, 4.69) is 127 Å². The van der Waals surface area contributed by atoms with E-state index in [-0.39, 0.29) is 11.9 Å². The summed E-state index contributed by atoms with van der Waals surface area (Å²) in [5, 5.41) is 5.21. The molecule has 3 heteroatoms. The van der Waals surface area contributed by atoms with Gasteiger partial charge in [-0.15, -0.1) is 0 Å². The van der Waals surface area contributed by atoms with Gasteiger partial charge in [0, 0.05) is 33.5 Å². The zero-order chi connectivity index (χ0) is 32.8. The predicted octanol–water partition coefficient (Wildman–Crippen LogP) is 11.7. The second kappa shape index (κ2) is 10.5. The zero-order valence-electron chi connectivity index (χ0n) is 27.4. The molecule has 0 amide bonds. The lowest BCUT2D eigenvalue weighted by Crippen LogP contribution is -2.31. The second-order valence-electron chi connectivity index (χ2n) is 13.8. The number of Topliss-reactive ketones (excluding diaryl/α,β-unsaturated/α-hetero) is 1. The SMILES string of the molecule is CC(C)c1cc(-c2cccc(-c3cccc(C4=CC=C5C(=O)c6ccccc6OC5C4)c3)c2)c2c3cccc4c5ccccc5n(c2c1)c43. The van der Waals surface area contributed by atoms with Crippen LogP contribution in [0.25, 0.3) is 65.9 Å². The van der Waals surface area contributed by atoms with Gasteiger partial charge in [0.1, 0.15) is 11.9 Å². The van der Waals surface area contributed by atoms with Crippen LogP contribution in [0.4, 0.5) is 0 Å². The molecule has 3 heterocycles. The van der Waals surface area contributed by atoms with E-state index in [1.165, 1.54) is 65.9 Å². The molecule has 0 saturated carbocycles. The Hall–Kier alpha value is -5.93. The van der Waals surface area contributed by atoms with Gasteiger partial charge in [-0.1, -0.05) is 117 Å². The monoisotopic (exact) mass is 631 g/mol. The topological polar surface area (TPSA) is 30.7 Å². The van der Waals surface area contributed by atoms with Crippen molar-refractivity contribution < 1.29 is 9.53 Å². The molecule has 1 aliphatic carbocycles. The highest BCUT2D eigenvalue weighted by Crippen LogP contribution is 2.45. The fraction of sp³-hybridized carbons (Fsp3) is 0.109. The number of para-hydroxylation sites is 3. The van der Waals surface area contributed by atoms with Gasteiger partial charge in [0.25, 0.3) is 0 Å². The van der Waals surface area contributed by atoms with Crippen LogP contribution in [0.2, 0.25) is 0 Å². The van der Waals surface area contributed by atoms with E-state index in [0.717, 1.165) is 16.7 Å². The lowest BCUT2D eigenvalue weighted by molar-refractivity contribution is 0.0962. The number of rotatable bonds is 4. The van der Waals surface area contributed by atoms with Crippen LogP contribution in [-0.2, 0) is 0 Å². The molecule has 234 valence electrons. The summed E-state index contributed by atoms with van der Waals surface area (Å²) in [5.41, 5.74) is 13.7. The van der Waals surface area contributed by atoms with Gasteiger partial charge in [-0.25, -0.2) is 0 Å². The van der Waals surface area contributed by atoms with Gasteiger partial charge in [-0.3, -0.25) is 4.79 Å². The van der Waals surface area contributed by atoms with Crippen molar-refractivity contribution in [3.8, 4) is 28.0 Å². The van der Waals surface area contributed by atoms with Crippen molar-refractivity contribution in [1.29, 1.82) is 0 Å². The first-order valence-electron chi connectivity index (χ1n) is 17.2. The van der Waals surface area contributed by atoms with Crippen LogP contribution in [0.3, 0.4) is 0 Å². The minimum atomic E-state index is -0.272. The summed E-state index contributed by atoms with van der Waals surface area (Å²) in [5.74, 6) is 1.13. The van der Waals surface area contributed by atoms with E-state index >= 15 is 0 Å². The van der Waals surface area contributed by atoms with E-state index in [0.29, 0.717) is 23.7 Å². The quantitative estimate of drug-likeness (QED) is 0.193. The average molecular weight is 632 g/mol. The number of ether oxygens (including phenoxy) is 1. The summed E-state index contributed by atoms with van der Waals surface area (Å²) < 4.78 is 8.81. The third-order valence-electron chi connectivity index (χ3n) is 10.6. The summed E-state index contributed by atoms with van der Waals surface area (Å²) in [4.78, 5) is 13.2. The lowest BCUT2D eigenvalue weighted by Gasteiger charge is -2.30. The highest BCUT2D eigenvalue weighted by atomic mass is 16.5. The first kappa shape index (κ1) is 28.1. The van der Waals surface area contributed by atoms with Crippen LogP contribution < -0.4 is 4.74 Å². The summed E-state index contributed by atoms with van der Waals surface area (Å²) in [6.07, 6.45) is 4.44. The van der Waals surface area contributed by atoms with Crippen molar-refractivity contribution in [2.45, 2.75) is 32.3 Å². The number of carbonyl (C=O) groups excluding carboxylic acids is 1. The maximum Gasteiger partial charge on any atom is 0.196 e. The highest BCUT2D eigenvalue weighted by molar-refractivity contribution is 6.26. The van der Waals surface area contributed by atoms with Crippen LogP contribution in [0.15, 0.2) is 145 Å². The maximum absolute atomic E-state index is 13.2. The van der Waals surface area contributed by atoms with Gasteiger partial charge < -0.3 is 9.14 Å². The van der Waals surface area contributed by atoms with Crippen LogP contribution in [0.5, 0.6) is 5.75 Å². The van der Waals surface area contributed by atoms with E-state index in [1.807, 2.05) is 30.3 Å². The van der Waals surface area contributed by atoms with Crippen molar-refractivity contribution >= 4 is 49.5 Å². The number of hydrogen-bond donors (Lipinski definition) is 0. The van der Waals surface area contributed by atoms with Gasteiger partial charge in [0.15, 0.2) is 5.78 Å². The van der Waals surface area contributed by atoms with Crippen molar-refractivity contribution in [3.05, 3.63) is 162 Å². The Morgan fingerprint density at radius 1 is 0.633 bits per heavy atom. The van der Waals surface area contributed by atoms with Crippen LogP contribution in [0, 0.1) is 0 Å². The number of benzene rings is 6. The fourth-order valence-electron chi connectivity index (χ4n) is 8.19. The molecule has 10 rings (SSSR count). The van der Waals surface area contributed by atoms with Crippen molar-refractivity contribution in [2.24, 2.45) is 0 Å². The number of aromatic nitrogens is 1. The molecule has 0 spiro atoms. The molecule has 0 fully saturated rings. The first-order chi connectivity index (χ1) is 24.0. The normalized spacial score (nSPS) is 15.9. The van der Waals surface area contributed by atoms with E-state index in [1.54, 1.807) is 0 Å². The Morgan fingerprint density at radius 2 is 1.33 bits per heavy atom. The molecule has 0 saturated heterocycles. The van der Waals surface area contributed by atoms with Crippen molar-refractivity contribution in [3.63, 3.8) is 0 Å². The summed E-state index contributed by atoms with van der Waals surface area (Å²) in [6.45, 7) is 4.56. The van der Waals surface area contributed by atoms with Crippen molar-refractivity contribution in [2.75, 3.05) is 0 Å². The molecule has 1 aliphatic heterocycles. The minimum absolute atomic E-state index is 0.0675. The smallest absolute Gasteiger partial charge is 0.196 e. The molecule has 6 aromatic carbocycles. The first-order valence-corrected chi connectivity index (χ1v) is 17.2. The fourth-order valence-corrected chi connectivity index (χ4v) is 8.19. The van der Waals surface area contributed by atoms with E-state index in [9.17, 15) is 4.79 Å². The molecular weight excluding hydrogens is 599 g/mol. The summed E-state index contributed by atoms with van der Waals surface area (Å²) >= 11 is 0. The lowest BCUT2D eigenvalue weighted by atomic mass is 9.85. The summed E-state index contributed by atoms with van der Waals surface area (Å²) in [7, 11) is 0. The third-order valence-corrected chi connectivity index (χ3v) is 10.6. The van der Waals surface area contributed by atoms with E-state index in [4.69, 9.17) is 4.74 Å². The number of allylic oxidation sites excluding steroid dienone is 2. The van der Waals surface area contributed by atoms with Gasteiger partial charge in [-0.05, 0) is 81.3 Å². The van der Waals surface area contributed by atoms with Crippen molar-refractivity contribution in [1.82, 2.24) is 4.40 Å². The van der Waals surface area contributed by atoms with Crippen LogP contribution in [-0.4, -0.2) is 16.3 Å². The molecule has 8 aromatic rings. The second-order valence-corrected chi connectivity index (χ2v) is 13.8. The molecular formula is C46H33NO2. The molecule has 1 atom stereocenters. The Balaban J connectivity index is 1.09. The highest BCUT2D eigenvalue weighted by Gasteiger charge is 2.33. The number of fused-ring (bicyclic) bond motifs is 8. The third kappa shape index (κ3) is 4.18. The Morgan fingerprint density at radius 3 is 2.18 bits per heavy atom. The van der Waals surface area contributed by atoms with Gasteiger partial charge in [0.2, 0.25) is 0 Å². The number of hydrogen-bond acceptors (Lipinski definition) is 2. The predicted molar refractivity (Wildman–Crippen MR) is 202 cm³/mol. The molecule has 0 N–H and O–H groups in total. The van der Waals surface area contributed by atoms with Gasteiger partial charge >= 0.3 is 0 Å². The number of nitrogens with zero attached hydrogens (tertiary/aromatic N) is 1. The molecule has 3 nitrogen and oxygen atoms in total. The Bertz CT molecular complexity index is 2720. The molecule has 2 aliphatic rings. The largest absolute Gasteiger partial charge is 0.484 e. The zero-order valence-corrected chi connectivity index (χ0v) is 27.4. The van der Waals surface area contributed by atoms with Crippen LogP contribution in [0.1, 0.15) is 47.7 Å². The average Bonchev–Trinajstić information content (AvgIpc) is 3.67. The maximum atomic E-state index is 13.2. The standard InChI is InChI=1S/C46H33NO2/c1-27(2)33-24-39(44-38-17-9-16-35-34-14-3-5-18-40(34)47(45(35)38)41(44)25-33)32-13-8-12-30(23-32)28-10-7-11-29(22-28)31-20-21-37-43(26-31)49-42-19-6-4-15-36(42)46(37)48/h3-25,27,43H,26H2,1-2H3. The van der Waals surface area contributed by atoms with Gasteiger partial charge in [0.05, 0.1) is 22.1 Å². The molecule has 0 radical (unpaired) electrons. The number of ketones is 1. The molecule has 0 bridgehead atoms. The summed E-state index contributed by atoms with van der Waals surface area (Å²) in [6, 6.07) is 45.6. The minimum Gasteiger partial charge on any atom is -0.484 e. The Labute approximate surface area is 284 Å². The molecule has 2 aromatic heterocycles. The van der Waals surface area contributed by atoms with Crippen LogP contribution >= 0.6 is 0 Å². The molecule has 1 unspecified atom stereocenters. The van der Waals surface area contributed by atoms with E-state index < -0.39 is 0 Å².